The number of carbonyl (C=O) groups is 2. The fourth-order valence-electron chi connectivity index (χ4n) is 3.08. The molecule has 3 rings (SSSR count). The van der Waals surface area contributed by atoms with Gasteiger partial charge in [0.05, 0.1) is 25.8 Å². The molecule has 26 heavy (non-hydrogen) atoms. The van der Waals surface area contributed by atoms with E-state index >= 15 is 0 Å². The molecule has 0 spiro atoms. The molecule has 0 bridgehead atoms. The predicted octanol–water partition coefficient (Wildman–Crippen LogP) is 3.00. The van der Waals surface area contributed by atoms with E-state index in [1.54, 1.807) is 30.2 Å². The fourth-order valence-corrected chi connectivity index (χ4v) is 3.08. The van der Waals surface area contributed by atoms with Crippen molar-refractivity contribution in [2.45, 2.75) is 13.3 Å². The van der Waals surface area contributed by atoms with Gasteiger partial charge < -0.3 is 19.7 Å². The minimum Gasteiger partial charge on any atom is -0.497 e. The SMILES string of the molecule is COc1ccc(OC)c(NC(=O)[C@@H]2CC(=O)N(c3cccc(C)c3)C2)c1. The molecule has 0 aliphatic carbocycles. The highest BCUT2D eigenvalue weighted by molar-refractivity contribution is 6.04. The van der Waals surface area contributed by atoms with Crippen LogP contribution in [0.4, 0.5) is 11.4 Å². The average molecular weight is 354 g/mol. The summed E-state index contributed by atoms with van der Waals surface area (Å²) in [5.41, 5.74) is 2.42. The predicted molar refractivity (Wildman–Crippen MR) is 99.8 cm³/mol. The summed E-state index contributed by atoms with van der Waals surface area (Å²) in [6, 6.07) is 12.9. The summed E-state index contributed by atoms with van der Waals surface area (Å²) in [7, 11) is 3.10. The van der Waals surface area contributed by atoms with Crippen LogP contribution in [0.25, 0.3) is 0 Å². The van der Waals surface area contributed by atoms with Gasteiger partial charge in [0, 0.05) is 24.7 Å². The summed E-state index contributed by atoms with van der Waals surface area (Å²) in [4.78, 5) is 26.7. The molecular weight excluding hydrogens is 332 g/mol. The van der Waals surface area contributed by atoms with Crippen LogP contribution < -0.4 is 19.7 Å². The van der Waals surface area contributed by atoms with Gasteiger partial charge in [-0.3, -0.25) is 9.59 Å². The molecule has 2 aromatic rings. The molecule has 1 fully saturated rings. The largest absolute Gasteiger partial charge is 0.497 e. The molecule has 6 heteroatoms. The third-order valence-corrected chi connectivity index (χ3v) is 4.47. The van der Waals surface area contributed by atoms with Crippen LogP contribution in [-0.2, 0) is 9.59 Å². The van der Waals surface area contributed by atoms with Gasteiger partial charge in [0.15, 0.2) is 0 Å². The van der Waals surface area contributed by atoms with Gasteiger partial charge in [-0.2, -0.15) is 0 Å². The van der Waals surface area contributed by atoms with Crippen LogP contribution in [0.5, 0.6) is 11.5 Å². The molecule has 1 aliphatic heterocycles. The van der Waals surface area contributed by atoms with Gasteiger partial charge >= 0.3 is 0 Å². The van der Waals surface area contributed by atoms with Crippen LogP contribution in [0.15, 0.2) is 42.5 Å². The number of rotatable bonds is 5. The zero-order valence-electron chi connectivity index (χ0n) is 15.1. The number of ether oxygens (including phenoxy) is 2. The van der Waals surface area contributed by atoms with E-state index in [0.29, 0.717) is 23.7 Å². The molecule has 1 aliphatic rings. The van der Waals surface area contributed by atoms with Crippen LogP contribution in [0, 0.1) is 12.8 Å². The minimum atomic E-state index is -0.418. The lowest BCUT2D eigenvalue weighted by molar-refractivity contribution is -0.122. The first-order valence-corrected chi connectivity index (χ1v) is 8.41. The number of carbonyl (C=O) groups excluding carboxylic acids is 2. The number of anilines is 2. The molecule has 2 aromatic carbocycles. The van der Waals surface area contributed by atoms with Crippen molar-refractivity contribution in [1.82, 2.24) is 0 Å². The molecule has 136 valence electrons. The zero-order valence-corrected chi connectivity index (χ0v) is 15.1. The maximum atomic E-state index is 12.7. The Bertz CT molecular complexity index is 834. The summed E-state index contributed by atoms with van der Waals surface area (Å²) in [5.74, 6) is 0.483. The van der Waals surface area contributed by atoms with Gasteiger partial charge in [0.25, 0.3) is 0 Å². The number of hydrogen-bond acceptors (Lipinski definition) is 4. The Kier molecular flexibility index (Phi) is 5.11. The summed E-state index contributed by atoms with van der Waals surface area (Å²) in [6.07, 6.45) is 0.187. The van der Waals surface area contributed by atoms with Gasteiger partial charge in [-0.05, 0) is 36.8 Å². The van der Waals surface area contributed by atoms with E-state index in [9.17, 15) is 9.59 Å². The molecule has 2 amide bonds. The monoisotopic (exact) mass is 354 g/mol. The van der Waals surface area contributed by atoms with E-state index in [0.717, 1.165) is 11.3 Å². The summed E-state index contributed by atoms with van der Waals surface area (Å²) >= 11 is 0. The van der Waals surface area contributed by atoms with Gasteiger partial charge in [-0.1, -0.05) is 12.1 Å². The van der Waals surface area contributed by atoms with Crippen LogP contribution in [0.2, 0.25) is 0 Å². The van der Waals surface area contributed by atoms with Gasteiger partial charge in [0.2, 0.25) is 11.8 Å². The van der Waals surface area contributed by atoms with Gasteiger partial charge in [-0.15, -0.1) is 0 Å². The quantitative estimate of drug-likeness (QED) is 0.896. The maximum Gasteiger partial charge on any atom is 0.229 e. The van der Waals surface area contributed by atoms with Crippen molar-refractivity contribution in [3.63, 3.8) is 0 Å². The first-order valence-electron chi connectivity index (χ1n) is 8.41. The third kappa shape index (κ3) is 3.64. The fraction of sp³-hybridized carbons (Fsp3) is 0.300. The number of aryl methyl sites for hydroxylation is 1. The van der Waals surface area contributed by atoms with E-state index in [-0.39, 0.29) is 18.2 Å². The van der Waals surface area contributed by atoms with Crippen LogP contribution in [0.1, 0.15) is 12.0 Å². The molecule has 0 unspecified atom stereocenters. The highest BCUT2D eigenvalue weighted by Crippen LogP contribution is 2.31. The normalized spacial score (nSPS) is 16.5. The van der Waals surface area contributed by atoms with Crippen LogP contribution in [-0.4, -0.2) is 32.6 Å². The second kappa shape index (κ2) is 7.47. The molecular formula is C20H22N2O4. The molecule has 0 radical (unpaired) electrons. The molecule has 1 saturated heterocycles. The average Bonchev–Trinajstić information content (AvgIpc) is 3.03. The number of hydrogen-bond donors (Lipinski definition) is 1. The van der Waals surface area contributed by atoms with Gasteiger partial charge in [-0.25, -0.2) is 0 Å². The summed E-state index contributed by atoms with van der Waals surface area (Å²) in [5, 5.41) is 2.86. The topological polar surface area (TPSA) is 67.9 Å². The van der Waals surface area contributed by atoms with Gasteiger partial charge in [0.1, 0.15) is 11.5 Å². The smallest absolute Gasteiger partial charge is 0.229 e. The lowest BCUT2D eigenvalue weighted by Crippen LogP contribution is -2.28. The number of benzene rings is 2. The number of amides is 2. The third-order valence-electron chi connectivity index (χ3n) is 4.47. The second-order valence-corrected chi connectivity index (χ2v) is 6.30. The lowest BCUT2D eigenvalue weighted by atomic mass is 10.1. The van der Waals surface area contributed by atoms with E-state index in [1.165, 1.54) is 7.11 Å². The molecule has 1 atom stereocenters. The van der Waals surface area contributed by atoms with E-state index in [4.69, 9.17) is 9.47 Å². The number of methoxy groups -OCH3 is 2. The standard InChI is InChI=1S/C20H22N2O4/c1-13-5-4-6-15(9-13)22-12-14(10-19(22)23)20(24)21-17-11-16(25-2)7-8-18(17)26-3/h4-9,11,14H,10,12H2,1-3H3,(H,21,24)/t14-/m1/s1. The molecule has 6 nitrogen and oxygen atoms in total. The Morgan fingerprint density at radius 2 is 1.96 bits per heavy atom. The second-order valence-electron chi connectivity index (χ2n) is 6.30. The molecule has 0 saturated carbocycles. The Morgan fingerprint density at radius 3 is 2.65 bits per heavy atom. The number of nitrogens with one attached hydrogen (secondary N) is 1. The van der Waals surface area contributed by atoms with Crippen molar-refractivity contribution < 1.29 is 19.1 Å². The van der Waals surface area contributed by atoms with E-state index in [1.807, 2.05) is 31.2 Å². The molecule has 0 aromatic heterocycles. The minimum absolute atomic E-state index is 0.0478. The van der Waals surface area contributed by atoms with Crippen molar-refractivity contribution in [3.8, 4) is 11.5 Å². The summed E-state index contributed by atoms with van der Waals surface area (Å²) in [6.45, 7) is 2.34. The molecule has 1 N–H and O–H groups in total. The Labute approximate surface area is 152 Å². The lowest BCUT2D eigenvalue weighted by Gasteiger charge is -2.17. The van der Waals surface area contributed by atoms with Crippen molar-refractivity contribution in [1.29, 1.82) is 0 Å². The number of nitrogens with zero attached hydrogens (tertiary/aromatic N) is 1. The van der Waals surface area contributed by atoms with Crippen LogP contribution >= 0.6 is 0 Å². The Morgan fingerprint density at radius 1 is 1.15 bits per heavy atom. The highest BCUT2D eigenvalue weighted by atomic mass is 16.5. The van der Waals surface area contributed by atoms with Crippen molar-refractivity contribution >= 4 is 23.2 Å². The van der Waals surface area contributed by atoms with E-state index in [2.05, 4.69) is 5.32 Å². The first kappa shape index (κ1) is 17.8. The maximum absolute atomic E-state index is 12.7. The first-order chi connectivity index (χ1) is 12.5. The zero-order chi connectivity index (χ0) is 18.7. The summed E-state index contributed by atoms with van der Waals surface area (Å²) < 4.78 is 10.5. The van der Waals surface area contributed by atoms with Crippen molar-refractivity contribution in [2.24, 2.45) is 5.92 Å². The van der Waals surface area contributed by atoms with E-state index < -0.39 is 5.92 Å². The highest BCUT2D eigenvalue weighted by Gasteiger charge is 2.35. The van der Waals surface area contributed by atoms with Crippen molar-refractivity contribution in [2.75, 3.05) is 31.0 Å². The molecule has 1 heterocycles. The Hall–Kier alpha value is -3.02. The van der Waals surface area contributed by atoms with Crippen molar-refractivity contribution in [3.05, 3.63) is 48.0 Å². The Balaban J connectivity index is 1.74. The van der Waals surface area contributed by atoms with Crippen LogP contribution in [0.3, 0.4) is 0 Å².